The molecule has 94 valence electrons. The Bertz CT molecular complexity index is 382. The molecule has 1 atom stereocenters. The van der Waals surface area contributed by atoms with Crippen molar-refractivity contribution in [2.24, 2.45) is 5.92 Å². The number of hydrogen-bond acceptors (Lipinski definition) is 2. The lowest BCUT2D eigenvalue weighted by molar-refractivity contribution is 0.00551. The Balaban J connectivity index is 2.35. The highest BCUT2D eigenvalue weighted by Crippen LogP contribution is 2.49. The van der Waals surface area contributed by atoms with Crippen molar-refractivity contribution >= 4 is 0 Å². The van der Waals surface area contributed by atoms with Crippen LogP contribution in [0.15, 0.2) is 24.3 Å². The first-order valence-corrected chi connectivity index (χ1v) is 6.56. The minimum Gasteiger partial charge on any atom is -0.491 e. The van der Waals surface area contributed by atoms with Gasteiger partial charge in [-0.1, -0.05) is 25.1 Å². The van der Waals surface area contributed by atoms with Gasteiger partial charge in [-0.05, 0) is 45.1 Å². The standard InChI is InChI=1S/C15H22O2/c1-4-15(16,12-9-10-12)13-7-5-6-8-14(13)17-11(2)3/h5-8,11-12,16H,4,9-10H2,1-3H3. The third-order valence-electron chi connectivity index (χ3n) is 3.51. The van der Waals surface area contributed by atoms with Crippen LogP contribution >= 0.6 is 0 Å². The summed E-state index contributed by atoms with van der Waals surface area (Å²) in [7, 11) is 0. The molecule has 1 fully saturated rings. The second-order valence-electron chi connectivity index (χ2n) is 5.21. The average Bonchev–Trinajstić information content (AvgIpc) is 3.12. The Morgan fingerprint density at radius 2 is 2.00 bits per heavy atom. The summed E-state index contributed by atoms with van der Waals surface area (Å²) in [5.74, 6) is 1.24. The highest BCUT2D eigenvalue weighted by atomic mass is 16.5. The first kappa shape index (κ1) is 12.4. The Morgan fingerprint density at radius 1 is 1.35 bits per heavy atom. The fourth-order valence-electron chi connectivity index (χ4n) is 2.44. The van der Waals surface area contributed by atoms with E-state index in [9.17, 15) is 5.11 Å². The van der Waals surface area contributed by atoms with Crippen LogP contribution in [-0.4, -0.2) is 11.2 Å². The number of benzene rings is 1. The molecule has 0 aliphatic heterocycles. The third kappa shape index (κ3) is 2.47. The van der Waals surface area contributed by atoms with Gasteiger partial charge in [0, 0.05) is 5.56 Å². The minimum atomic E-state index is -0.703. The molecule has 1 aliphatic rings. The summed E-state index contributed by atoms with van der Waals surface area (Å²) in [6.45, 7) is 6.07. The molecule has 1 N–H and O–H groups in total. The molecule has 1 aromatic rings. The Labute approximate surface area is 104 Å². The van der Waals surface area contributed by atoms with Crippen molar-refractivity contribution in [1.82, 2.24) is 0 Å². The lowest BCUT2D eigenvalue weighted by Crippen LogP contribution is -2.28. The smallest absolute Gasteiger partial charge is 0.125 e. The van der Waals surface area contributed by atoms with E-state index in [-0.39, 0.29) is 6.10 Å². The van der Waals surface area contributed by atoms with E-state index in [1.807, 2.05) is 45.0 Å². The van der Waals surface area contributed by atoms with Crippen molar-refractivity contribution in [2.75, 3.05) is 0 Å². The Kier molecular flexibility index (Phi) is 3.43. The van der Waals surface area contributed by atoms with Crippen molar-refractivity contribution in [2.45, 2.75) is 51.7 Å². The van der Waals surface area contributed by atoms with Crippen LogP contribution in [0.2, 0.25) is 0 Å². The van der Waals surface area contributed by atoms with Crippen molar-refractivity contribution in [1.29, 1.82) is 0 Å². The third-order valence-corrected chi connectivity index (χ3v) is 3.51. The molecular formula is C15H22O2. The summed E-state index contributed by atoms with van der Waals surface area (Å²) in [6.07, 6.45) is 3.13. The highest BCUT2D eigenvalue weighted by molar-refractivity contribution is 5.39. The summed E-state index contributed by atoms with van der Waals surface area (Å²) < 4.78 is 5.81. The first-order valence-electron chi connectivity index (χ1n) is 6.56. The van der Waals surface area contributed by atoms with Gasteiger partial charge in [-0.2, -0.15) is 0 Å². The molecule has 0 bridgehead atoms. The lowest BCUT2D eigenvalue weighted by Gasteiger charge is -2.29. The van der Waals surface area contributed by atoms with Crippen LogP contribution in [0.25, 0.3) is 0 Å². The summed E-state index contributed by atoms with van der Waals surface area (Å²) in [5, 5.41) is 10.8. The van der Waals surface area contributed by atoms with Crippen LogP contribution < -0.4 is 4.74 Å². The van der Waals surface area contributed by atoms with Crippen LogP contribution in [0, 0.1) is 5.92 Å². The fraction of sp³-hybridized carbons (Fsp3) is 0.600. The predicted octanol–water partition coefficient (Wildman–Crippen LogP) is 3.48. The molecule has 0 spiro atoms. The van der Waals surface area contributed by atoms with Gasteiger partial charge in [0.2, 0.25) is 0 Å². The molecule has 1 saturated carbocycles. The van der Waals surface area contributed by atoms with E-state index in [1.54, 1.807) is 0 Å². The van der Waals surface area contributed by atoms with Gasteiger partial charge >= 0.3 is 0 Å². The highest BCUT2D eigenvalue weighted by Gasteiger charge is 2.45. The van der Waals surface area contributed by atoms with Crippen molar-refractivity contribution in [3.05, 3.63) is 29.8 Å². The van der Waals surface area contributed by atoms with Gasteiger partial charge in [-0.15, -0.1) is 0 Å². The Morgan fingerprint density at radius 3 is 2.53 bits per heavy atom. The normalized spacial score (nSPS) is 19.1. The van der Waals surface area contributed by atoms with Gasteiger partial charge in [-0.3, -0.25) is 0 Å². The van der Waals surface area contributed by atoms with Gasteiger partial charge in [-0.25, -0.2) is 0 Å². The van der Waals surface area contributed by atoms with Gasteiger partial charge < -0.3 is 9.84 Å². The first-order chi connectivity index (χ1) is 8.08. The number of rotatable bonds is 5. The zero-order valence-electron chi connectivity index (χ0n) is 10.9. The van der Waals surface area contributed by atoms with Crippen molar-refractivity contribution < 1.29 is 9.84 Å². The summed E-state index contributed by atoms with van der Waals surface area (Å²) >= 11 is 0. The van der Waals surface area contributed by atoms with Crippen molar-refractivity contribution in [3.63, 3.8) is 0 Å². The molecule has 1 unspecified atom stereocenters. The second kappa shape index (κ2) is 4.69. The molecule has 2 rings (SSSR count). The number of para-hydroxylation sites is 1. The fourth-order valence-corrected chi connectivity index (χ4v) is 2.44. The van der Waals surface area contributed by atoms with Crippen LogP contribution in [0.3, 0.4) is 0 Å². The summed E-state index contributed by atoms with van der Waals surface area (Å²) in [4.78, 5) is 0. The predicted molar refractivity (Wildman–Crippen MR) is 69.1 cm³/mol. The lowest BCUT2D eigenvalue weighted by atomic mass is 9.85. The molecular weight excluding hydrogens is 212 g/mol. The topological polar surface area (TPSA) is 29.5 Å². The monoisotopic (exact) mass is 234 g/mol. The van der Waals surface area contributed by atoms with Gasteiger partial charge in [0.15, 0.2) is 0 Å². The van der Waals surface area contributed by atoms with E-state index in [1.165, 1.54) is 0 Å². The van der Waals surface area contributed by atoms with E-state index in [2.05, 4.69) is 0 Å². The molecule has 0 radical (unpaired) electrons. The molecule has 0 aromatic heterocycles. The van der Waals surface area contributed by atoms with Crippen LogP contribution in [0.1, 0.15) is 45.6 Å². The number of ether oxygens (including phenoxy) is 1. The minimum absolute atomic E-state index is 0.136. The zero-order chi connectivity index (χ0) is 12.5. The second-order valence-corrected chi connectivity index (χ2v) is 5.21. The zero-order valence-corrected chi connectivity index (χ0v) is 10.9. The maximum absolute atomic E-state index is 10.8. The largest absolute Gasteiger partial charge is 0.491 e. The number of aliphatic hydroxyl groups is 1. The molecule has 2 heteroatoms. The molecule has 1 aromatic carbocycles. The quantitative estimate of drug-likeness (QED) is 0.845. The van der Waals surface area contributed by atoms with Crippen LogP contribution in [0.5, 0.6) is 5.75 Å². The van der Waals surface area contributed by atoms with E-state index < -0.39 is 5.60 Å². The van der Waals surface area contributed by atoms with Crippen LogP contribution in [0.4, 0.5) is 0 Å². The maximum atomic E-state index is 10.8. The molecule has 1 aliphatic carbocycles. The van der Waals surface area contributed by atoms with E-state index in [4.69, 9.17) is 4.74 Å². The maximum Gasteiger partial charge on any atom is 0.125 e. The van der Waals surface area contributed by atoms with Crippen molar-refractivity contribution in [3.8, 4) is 5.75 Å². The molecule has 0 saturated heterocycles. The summed E-state index contributed by atoms with van der Waals surface area (Å²) in [6, 6.07) is 7.90. The molecule has 0 amide bonds. The van der Waals surface area contributed by atoms with Gasteiger partial charge in [0.1, 0.15) is 5.75 Å². The SMILES string of the molecule is CCC(O)(c1ccccc1OC(C)C)C1CC1. The number of hydrogen-bond donors (Lipinski definition) is 1. The summed E-state index contributed by atoms with van der Waals surface area (Å²) in [5.41, 5.74) is 0.254. The van der Waals surface area contributed by atoms with E-state index >= 15 is 0 Å². The van der Waals surface area contributed by atoms with Crippen LogP contribution in [-0.2, 0) is 5.60 Å². The molecule has 17 heavy (non-hydrogen) atoms. The molecule has 0 heterocycles. The van der Waals surface area contributed by atoms with E-state index in [0.29, 0.717) is 5.92 Å². The van der Waals surface area contributed by atoms with Gasteiger partial charge in [0.25, 0.3) is 0 Å². The Hall–Kier alpha value is -1.02. The van der Waals surface area contributed by atoms with Gasteiger partial charge in [0.05, 0.1) is 11.7 Å². The average molecular weight is 234 g/mol. The van der Waals surface area contributed by atoms with E-state index in [0.717, 1.165) is 30.6 Å². The molecule has 2 nitrogen and oxygen atoms in total.